The van der Waals surface area contributed by atoms with Crippen molar-refractivity contribution in [1.82, 2.24) is 0 Å². The minimum atomic E-state index is -0.360. The highest BCUT2D eigenvalue weighted by Crippen LogP contribution is 2.25. The first-order chi connectivity index (χ1) is 9.58. The van der Waals surface area contributed by atoms with Gasteiger partial charge < -0.3 is 5.73 Å². The van der Waals surface area contributed by atoms with E-state index in [9.17, 15) is 4.79 Å². The Balaban J connectivity index is 2.08. The second-order valence-corrected chi connectivity index (χ2v) is 5.86. The lowest BCUT2D eigenvalue weighted by Crippen LogP contribution is -2.14. The van der Waals surface area contributed by atoms with Gasteiger partial charge in [-0.05, 0) is 55.9 Å². The lowest BCUT2D eigenvalue weighted by atomic mass is 9.87. The third kappa shape index (κ3) is 3.63. The van der Waals surface area contributed by atoms with Gasteiger partial charge in [-0.1, -0.05) is 31.1 Å². The molecule has 0 bridgehead atoms. The van der Waals surface area contributed by atoms with Crippen molar-refractivity contribution in [3.63, 3.8) is 0 Å². The van der Waals surface area contributed by atoms with E-state index in [-0.39, 0.29) is 5.91 Å². The third-order valence-corrected chi connectivity index (χ3v) is 4.13. The summed E-state index contributed by atoms with van der Waals surface area (Å²) in [5.41, 5.74) is 8.83. The zero-order chi connectivity index (χ0) is 14.5. The Labute approximate surface area is 121 Å². The number of carbonyl (C=O) groups excluding carboxylic acids is 1. The first-order valence-electron chi connectivity index (χ1n) is 7.48. The summed E-state index contributed by atoms with van der Waals surface area (Å²) in [5.74, 6) is 6.97. The normalized spacial score (nSPS) is 15.5. The Bertz CT molecular complexity index is 534. The smallest absolute Gasteiger partial charge is 0.249 e. The summed E-state index contributed by atoms with van der Waals surface area (Å²) in [6, 6.07) is 3.92. The van der Waals surface area contributed by atoms with Gasteiger partial charge in [0.1, 0.15) is 0 Å². The molecule has 0 atom stereocenters. The van der Waals surface area contributed by atoms with E-state index in [2.05, 4.69) is 11.8 Å². The van der Waals surface area contributed by atoms with E-state index in [0.717, 1.165) is 29.0 Å². The summed E-state index contributed by atoms with van der Waals surface area (Å²) in [5, 5.41) is 0. The van der Waals surface area contributed by atoms with E-state index in [1.165, 1.54) is 32.1 Å². The number of rotatable bonds is 2. The zero-order valence-electron chi connectivity index (χ0n) is 12.5. The Morgan fingerprint density at radius 2 is 1.80 bits per heavy atom. The van der Waals surface area contributed by atoms with Crippen LogP contribution in [0.15, 0.2) is 12.1 Å². The number of hydrogen-bond donors (Lipinski definition) is 1. The van der Waals surface area contributed by atoms with E-state index >= 15 is 0 Å². The molecule has 1 aliphatic carbocycles. The predicted molar refractivity (Wildman–Crippen MR) is 82.5 cm³/mol. The molecule has 1 fully saturated rings. The van der Waals surface area contributed by atoms with E-state index in [4.69, 9.17) is 5.73 Å². The molecular weight excluding hydrogens is 246 g/mol. The average molecular weight is 269 g/mol. The fraction of sp³-hybridized carbons (Fsp3) is 0.500. The van der Waals surface area contributed by atoms with Crippen molar-refractivity contribution < 1.29 is 4.79 Å². The van der Waals surface area contributed by atoms with Crippen molar-refractivity contribution in [3.8, 4) is 11.8 Å². The maximum atomic E-state index is 11.4. The van der Waals surface area contributed by atoms with Gasteiger partial charge in [-0.25, -0.2) is 0 Å². The van der Waals surface area contributed by atoms with Gasteiger partial charge in [-0.2, -0.15) is 0 Å². The van der Waals surface area contributed by atoms with Gasteiger partial charge in [-0.15, -0.1) is 0 Å². The SMILES string of the molecule is Cc1cc(C#CCC2CCCCC2)cc(C)c1C(N)=O. The van der Waals surface area contributed by atoms with Crippen LogP contribution in [0, 0.1) is 31.6 Å². The van der Waals surface area contributed by atoms with E-state index < -0.39 is 0 Å². The summed E-state index contributed by atoms with van der Waals surface area (Å²) < 4.78 is 0. The van der Waals surface area contributed by atoms with Crippen LogP contribution < -0.4 is 5.73 Å². The Kier molecular flexibility index (Phi) is 4.84. The molecule has 0 spiro atoms. The molecule has 1 amide bonds. The number of nitrogens with two attached hydrogens (primary N) is 1. The van der Waals surface area contributed by atoms with E-state index in [0.29, 0.717) is 5.56 Å². The molecule has 0 heterocycles. The molecule has 1 aromatic carbocycles. The minimum Gasteiger partial charge on any atom is -0.366 e. The van der Waals surface area contributed by atoms with Gasteiger partial charge in [-0.3, -0.25) is 4.79 Å². The fourth-order valence-corrected chi connectivity index (χ4v) is 3.11. The molecule has 20 heavy (non-hydrogen) atoms. The third-order valence-electron chi connectivity index (χ3n) is 4.13. The summed E-state index contributed by atoms with van der Waals surface area (Å²) >= 11 is 0. The first-order valence-corrected chi connectivity index (χ1v) is 7.48. The topological polar surface area (TPSA) is 43.1 Å². The average Bonchev–Trinajstić information content (AvgIpc) is 2.38. The van der Waals surface area contributed by atoms with Crippen LogP contribution in [0.25, 0.3) is 0 Å². The van der Waals surface area contributed by atoms with Gasteiger partial charge in [0.15, 0.2) is 0 Å². The second kappa shape index (κ2) is 6.61. The Morgan fingerprint density at radius 3 is 2.35 bits per heavy atom. The van der Waals surface area contributed by atoms with Crippen molar-refractivity contribution >= 4 is 5.91 Å². The summed E-state index contributed by atoms with van der Waals surface area (Å²) in [4.78, 5) is 11.4. The van der Waals surface area contributed by atoms with E-state index in [1.54, 1.807) is 0 Å². The standard InChI is InChI=1S/C18H23NO/c1-13-11-16(12-14(2)17(13)18(19)20)10-6-9-15-7-4-3-5-8-15/h11-12,15H,3-5,7-9H2,1-2H3,(H2,19,20). The van der Waals surface area contributed by atoms with E-state index in [1.807, 2.05) is 26.0 Å². The molecule has 2 rings (SSSR count). The molecule has 0 unspecified atom stereocenters. The van der Waals surface area contributed by atoms with Crippen molar-refractivity contribution in [1.29, 1.82) is 0 Å². The lowest BCUT2D eigenvalue weighted by molar-refractivity contribution is 0.0999. The van der Waals surface area contributed by atoms with Crippen LogP contribution in [0.2, 0.25) is 0 Å². The number of benzene rings is 1. The molecule has 106 valence electrons. The molecule has 2 nitrogen and oxygen atoms in total. The van der Waals surface area contributed by atoms with Gasteiger partial charge in [0, 0.05) is 17.5 Å². The lowest BCUT2D eigenvalue weighted by Gasteiger charge is -2.18. The van der Waals surface area contributed by atoms with Gasteiger partial charge in [0.2, 0.25) is 5.91 Å². The molecular formula is C18H23NO. The van der Waals surface area contributed by atoms with Crippen LogP contribution >= 0.6 is 0 Å². The van der Waals surface area contributed by atoms with Crippen molar-refractivity contribution in [2.75, 3.05) is 0 Å². The molecule has 2 heteroatoms. The van der Waals surface area contributed by atoms with Crippen molar-refractivity contribution in [2.24, 2.45) is 11.7 Å². The first kappa shape index (κ1) is 14.7. The summed E-state index contributed by atoms with van der Waals surface area (Å²) in [6.45, 7) is 3.83. The number of aryl methyl sites for hydroxylation is 2. The molecule has 2 N–H and O–H groups in total. The molecule has 0 aliphatic heterocycles. The summed E-state index contributed by atoms with van der Waals surface area (Å²) in [7, 11) is 0. The summed E-state index contributed by atoms with van der Waals surface area (Å²) in [6.07, 6.45) is 7.75. The maximum absolute atomic E-state index is 11.4. The van der Waals surface area contributed by atoms with Gasteiger partial charge in [0.25, 0.3) is 0 Å². The van der Waals surface area contributed by atoms with Crippen LogP contribution in [-0.2, 0) is 0 Å². The molecule has 1 saturated carbocycles. The zero-order valence-corrected chi connectivity index (χ0v) is 12.5. The highest BCUT2D eigenvalue weighted by molar-refractivity contribution is 5.96. The second-order valence-electron chi connectivity index (χ2n) is 5.86. The number of hydrogen-bond acceptors (Lipinski definition) is 1. The maximum Gasteiger partial charge on any atom is 0.249 e. The minimum absolute atomic E-state index is 0.360. The molecule has 0 saturated heterocycles. The van der Waals surface area contributed by atoms with Crippen LogP contribution in [0.3, 0.4) is 0 Å². The number of primary amides is 1. The van der Waals surface area contributed by atoms with Crippen LogP contribution in [0.4, 0.5) is 0 Å². The Morgan fingerprint density at radius 1 is 1.20 bits per heavy atom. The highest BCUT2D eigenvalue weighted by atomic mass is 16.1. The van der Waals surface area contributed by atoms with Crippen molar-refractivity contribution in [2.45, 2.75) is 52.4 Å². The van der Waals surface area contributed by atoms with Crippen LogP contribution in [0.5, 0.6) is 0 Å². The monoisotopic (exact) mass is 269 g/mol. The van der Waals surface area contributed by atoms with Crippen molar-refractivity contribution in [3.05, 3.63) is 34.4 Å². The predicted octanol–water partition coefficient (Wildman–Crippen LogP) is 3.72. The molecule has 0 radical (unpaired) electrons. The largest absolute Gasteiger partial charge is 0.366 e. The van der Waals surface area contributed by atoms with Gasteiger partial charge >= 0.3 is 0 Å². The Hall–Kier alpha value is -1.75. The molecule has 0 aromatic heterocycles. The molecule has 1 aliphatic rings. The number of carbonyl (C=O) groups is 1. The van der Waals surface area contributed by atoms with Crippen LogP contribution in [-0.4, -0.2) is 5.91 Å². The fourth-order valence-electron chi connectivity index (χ4n) is 3.11. The number of amides is 1. The van der Waals surface area contributed by atoms with Crippen LogP contribution in [0.1, 0.15) is 65.6 Å². The molecule has 1 aromatic rings. The quantitative estimate of drug-likeness (QED) is 0.817. The van der Waals surface area contributed by atoms with Gasteiger partial charge in [0.05, 0.1) is 0 Å². The highest BCUT2D eigenvalue weighted by Gasteiger charge is 2.12.